The van der Waals surface area contributed by atoms with Crippen molar-refractivity contribution in [1.29, 1.82) is 5.26 Å². The summed E-state index contributed by atoms with van der Waals surface area (Å²) in [4.78, 5) is 0. The first-order chi connectivity index (χ1) is 5.42. The van der Waals surface area contributed by atoms with E-state index in [0.717, 1.165) is 10.2 Å². The molecule has 2 rings (SSSR count). The Hall–Kier alpha value is -1.47. The molecule has 0 bridgehead atoms. The van der Waals surface area contributed by atoms with E-state index in [1.54, 1.807) is 6.07 Å². The summed E-state index contributed by atoms with van der Waals surface area (Å²) >= 11 is 1.25. The van der Waals surface area contributed by atoms with Crippen LogP contribution in [0.1, 0.15) is 5.56 Å². The van der Waals surface area contributed by atoms with Gasteiger partial charge in [-0.1, -0.05) is 10.6 Å². The predicted molar refractivity (Wildman–Crippen MR) is 42.1 cm³/mol. The highest BCUT2D eigenvalue weighted by Crippen LogP contribution is 2.18. The van der Waals surface area contributed by atoms with Gasteiger partial charge < -0.3 is 0 Å². The van der Waals surface area contributed by atoms with Gasteiger partial charge in [0.2, 0.25) is 0 Å². The minimum Gasteiger partial charge on any atom is -0.192 e. The summed E-state index contributed by atoms with van der Waals surface area (Å²) in [5.74, 6) is 0. The highest BCUT2D eigenvalue weighted by molar-refractivity contribution is 7.13. The maximum atomic E-state index is 8.66. The maximum absolute atomic E-state index is 8.66. The summed E-state index contributed by atoms with van der Waals surface area (Å²) in [6.07, 6.45) is 0. The Bertz CT molecular complexity index is 426. The first kappa shape index (κ1) is 6.25. The van der Waals surface area contributed by atoms with E-state index in [-0.39, 0.29) is 0 Å². The molecule has 0 fully saturated rings. The van der Waals surface area contributed by atoms with Crippen molar-refractivity contribution in [3.8, 4) is 6.07 Å². The second-order valence-corrected chi connectivity index (χ2v) is 2.79. The van der Waals surface area contributed by atoms with Crippen LogP contribution in [-0.4, -0.2) is 9.59 Å². The third kappa shape index (κ3) is 0.863. The fourth-order valence-electron chi connectivity index (χ4n) is 0.893. The van der Waals surface area contributed by atoms with E-state index in [1.807, 2.05) is 12.1 Å². The van der Waals surface area contributed by atoms with Crippen LogP contribution in [0.5, 0.6) is 0 Å². The number of hydrogen-bond donors (Lipinski definition) is 0. The molecular formula is C7H3N3S. The van der Waals surface area contributed by atoms with Crippen molar-refractivity contribution in [2.75, 3.05) is 0 Å². The van der Waals surface area contributed by atoms with Gasteiger partial charge in [-0.3, -0.25) is 0 Å². The number of rotatable bonds is 0. The molecule has 1 heterocycles. The molecule has 52 valence electrons. The maximum Gasteiger partial charge on any atom is 0.107 e. The first-order valence-corrected chi connectivity index (χ1v) is 3.80. The average molecular weight is 161 g/mol. The number of nitriles is 1. The Morgan fingerprint density at radius 2 is 2.36 bits per heavy atom. The first-order valence-electron chi connectivity index (χ1n) is 3.03. The van der Waals surface area contributed by atoms with Crippen LogP contribution in [0.15, 0.2) is 18.2 Å². The highest BCUT2D eigenvalue weighted by Gasteiger charge is 2.01. The zero-order valence-electron chi connectivity index (χ0n) is 5.48. The van der Waals surface area contributed by atoms with Crippen LogP contribution in [0.25, 0.3) is 10.2 Å². The van der Waals surface area contributed by atoms with Crippen LogP contribution in [0.4, 0.5) is 0 Å². The lowest BCUT2D eigenvalue weighted by Gasteiger charge is -1.86. The smallest absolute Gasteiger partial charge is 0.107 e. The van der Waals surface area contributed by atoms with Gasteiger partial charge in [-0.15, -0.1) is 5.10 Å². The Morgan fingerprint density at radius 1 is 1.45 bits per heavy atom. The van der Waals surface area contributed by atoms with Gasteiger partial charge in [0.15, 0.2) is 0 Å². The van der Waals surface area contributed by atoms with E-state index < -0.39 is 0 Å². The van der Waals surface area contributed by atoms with Gasteiger partial charge in [0.1, 0.15) is 11.6 Å². The van der Waals surface area contributed by atoms with Gasteiger partial charge in [-0.2, -0.15) is 5.26 Å². The molecule has 11 heavy (non-hydrogen) atoms. The van der Waals surface area contributed by atoms with E-state index in [9.17, 15) is 0 Å². The second-order valence-electron chi connectivity index (χ2n) is 2.04. The number of nitrogens with zero attached hydrogens (tertiary/aromatic N) is 3. The number of fused-ring (bicyclic) bond motifs is 1. The molecule has 0 saturated carbocycles. The Kier molecular flexibility index (Phi) is 1.30. The lowest BCUT2D eigenvalue weighted by Crippen LogP contribution is -1.72. The minimum absolute atomic E-state index is 0.650. The Labute approximate surface area is 67.1 Å². The number of benzene rings is 1. The quantitative estimate of drug-likeness (QED) is 0.589. The van der Waals surface area contributed by atoms with Crippen LogP contribution in [0.2, 0.25) is 0 Å². The summed E-state index contributed by atoms with van der Waals surface area (Å²) in [6.45, 7) is 0. The largest absolute Gasteiger partial charge is 0.192 e. The molecule has 0 saturated heterocycles. The lowest BCUT2D eigenvalue weighted by molar-refractivity contribution is 1.20. The normalized spacial score (nSPS) is 9.73. The standard InChI is InChI=1S/C7H3N3S/c8-4-5-2-1-3-6-7(5)11-10-9-6/h1-3H. The Balaban J connectivity index is 2.92. The summed E-state index contributed by atoms with van der Waals surface area (Å²) in [5.41, 5.74) is 1.45. The van der Waals surface area contributed by atoms with Crippen molar-refractivity contribution >= 4 is 21.7 Å². The molecule has 0 aliphatic carbocycles. The zero-order chi connectivity index (χ0) is 7.68. The molecule has 0 unspecified atom stereocenters. The lowest BCUT2D eigenvalue weighted by atomic mass is 10.2. The minimum atomic E-state index is 0.650. The van der Waals surface area contributed by atoms with E-state index in [2.05, 4.69) is 15.7 Å². The summed E-state index contributed by atoms with van der Waals surface area (Å²) in [5, 5.41) is 12.5. The summed E-state index contributed by atoms with van der Waals surface area (Å²) in [7, 11) is 0. The molecule has 0 N–H and O–H groups in total. The molecule has 3 nitrogen and oxygen atoms in total. The van der Waals surface area contributed by atoms with Gasteiger partial charge in [-0.05, 0) is 23.7 Å². The molecule has 2 aromatic rings. The SMILES string of the molecule is N#Cc1cccc2nnsc12. The van der Waals surface area contributed by atoms with Gasteiger partial charge in [0, 0.05) is 0 Å². The van der Waals surface area contributed by atoms with Crippen LogP contribution in [0, 0.1) is 11.3 Å². The van der Waals surface area contributed by atoms with E-state index >= 15 is 0 Å². The third-order valence-corrected chi connectivity index (χ3v) is 2.17. The molecule has 0 aliphatic heterocycles. The number of aromatic nitrogens is 2. The van der Waals surface area contributed by atoms with Crippen LogP contribution >= 0.6 is 11.5 Å². The fraction of sp³-hybridized carbons (Fsp3) is 0. The molecule has 1 aromatic carbocycles. The Morgan fingerprint density at radius 3 is 3.18 bits per heavy atom. The average Bonchev–Trinajstić information content (AvgIpc) is 2.50. The highest BCUT2D eigenvalue weighted by atomic mass is 32.1. The molecule has 0 aliphatic rings. The molecule has 0 atom stereocenters. The summed E-state index contributed by atoms with van der Waals surface area (Å²) in [6, 6.07) is 7.51. The molecule has 0 radical (unpaired) electrons. The third-order valence-electron chi connectivity index (χ3n) is 1.40. The molecule has 1 aromatic heterocycles. The summed E-state index contributed by atoms with van der Waals surface area (Å²) < 4.78 is 4.62. The molecule has 4 heteroatoms. The van der Waals surface area contributed by atoms with Gasteiger partial charge >= 0.3 is 0 Å². The van der Waals surface area contributed by atoms with Crippen molar-refractivity contribution in [3.05, 3.63) is 23.8 Å². The fourth-order valence-corrected chi connectivity index (χ4v) is 1.52. The van der Waals surface area contributed by atoms with E-state index in [4.69, 9.17) is 5.26 Å². The van der Waals surface area contributed by atoms with Crippen molar-refractivity contribution in [2.24, 2.45) is 0 Å². The van der Waals surface area contributed by atoms with Crippen molar-refractivity contribution in [2.45, 2.75) is 0 Å². The molecular weight excluding hydrogens is 158 g/mol. The van der Waals surface area contributed by atoms with Crippen LogP contribution in [-0.2, 0) is 0 Å². The van der Waals surface area contributed by atoms with E-state index in [1.165, 1.54) is 11.5 Å². The van der Waals surface area contributed by atoms with E-state index in [0.29, 0.717) is 5.56 Å². The van der Waals surface area contributed by atoms with Gasteiger partial charge in [0.05, 0.1) is 10.3 Å². The van der Waals surface area contributed by atoms with Crippen LogP contribution < -0.4 is 0 Å². The predicted octanol–water partition coefficient (Wildman–Crippen LogP) is 1.56. The van der Waals surface area contributed by atoms with Crippen molar-refractivity contribution < 1.29 is 0 Å². The zero-order valence-corrected chi connectivity index (χ0v) is 6.30. The van der Waals surface area contributed by atoms with Crippen molar-refractivity contribution in [3.63, 3.8) is 0 Å². The number of hydrogen-bond acceptors (Lipinski definition) is 4. The van der Waals surface area contributed by atoms with Gasteiger partial charge in [-0.25, -0.2) is 0 Å². The van der Waals surface area contributed by atoms with Gasteiger partial charge in [0.25, 0.3) is 0 Å². The van der Waals surface area contributed by atoms with Crippen LogP contribution in [0.3, 0.4) is 0 Å². The monoisotopic (exact) mass is 161 g/mol. The topological polar surface area (TPSA) is 49.6 Å². The van der Waals surface area contributed by atoms with Crippen molar-refractivity contribution in [1.82, 2.24) is 9.59 Å². The second kappa shape index (κ2) is 2.29. The molecule has 0 spiro atoms. The molecule has 0 amide bonds.